The fourth-order valence-electron chi connectivity index (χ4n) is 0.781. The Labute approximate surface area is 87.6 Å². The second-order valence-corrected chi connectivity index (χ2v) is 2.77. The topological polar surface area (TPSA) is 89.2 Å². The average molecular weight is 208 g/mol. The molecule has 1 rings (SSSR count). The van der Waals surface area contributed by atoms with Crippen LogP contribution >= 0.6 is 0 Å². The van der Waals surface area contributed by atoms with Gasteiger partial charge in [-0.25, -0.2) is 5.84 Å². The molecule has 0 aliphatic heterocycles. The second-order valence-electron chi connectivity index (χ2n) is 2.77. The summed E-state index contributed by atoms with van der Waals surface area (Å²) in [7, 11) is 3.58. The van der Waals surface area contributed by atoms with Gasteiger partial charge in [0, 0.05) is 14.1 Å². The van der Waals surface area contributed by atoms with E-state index in [1.165, 1.54) is 0 Å². The zero-order chi connectivity index (χ0) is 11.3. The van der Waals surface area contributed by atoms with Gasteiger partial charge in [0.25, 0.3) is 0 Å². The normalized spacial score (nSPS) is 9.20. The number of nitrogens with zero attached hydrogens (tertiary/aromatic N) is 4. The molecule has 1 aromatic heterocycles. The molecule has 0 aromatic carbocycles. The molecule has 0 fully saturated rings. The van der Waals surface area contributed by atoms with Crippen molar-refractivity contribution in [1.82, 2.24) is 15.0 Å². The minimum absolute atomic E-state index is 0.0981. The van der Waals surface area contributed by atoms with Crippen molar-refractivity contribution >= 4 is 11.9 Å². The summed E-state index contributed by atoms with van der Waals surface area (Å²) < 4.78 is 5.07. The van der Waals surface area contributed by atoms with Crippen LogP contribution in [0.4, 0.5) is 11.9 Å². The number of nitrogens with one attached hydrogen (secondary N) is 1. The molecule has 7 heteroatoms. The Morgan fingerprint density at radius 3 is 2.73 bits per heavy atom. The summed E-state index contributed by atoms with van der Waals surface area (Å²) in [6.07, 6.45) is 5.05. The largest absolute Gasteiger partial charge is 0.450 e. The minimum Gasteiger partial charge on any atom is -0.450 e. The van der Waals surface area contributed by atoms with E-state index in [1.54, 1.807) is 19.0 Å². The summed E-state index contributed by atoms with van der Waals surface area (Å²) in [6.45, 7) is 0.0981. The van der Waals surface area contributed by atoms with Gasteiger partial charge in [-0.1, -0.05) is 5.92 Å². The fourth-order valence-corrected chi connectivity index (χ4v) is 0.781. The lowest BCUT2D eigenvalue weighted by Crippen LogP contribution is -2.18. The van der Waals surface area contributed by atoms with E-state index in [4.69, 9.17) is 17.0 Å². The van der Waals surface area contributed by atoms with Crippen LogP contribution in [0.2, 0.25) is 0 Å². The zero-order valence-electron chi connectivity index (χ0n) is 8.56. The van der Waals surface area contributed by atoms with E-state index in [-0.39, 0.29) is 18.6 Å². The van der Waals surface area contributed by atoms with Crippen LogP contribution < -0.4 is 20.9 Å². The molecule has 0 aliphatic rings. The summed E-state index contributed by atoms with van der Waals surface area (Å²) in [5.74, 6) is 8.17. The van der Waals surface area contributed by atoms with Crippen LogP contribution in [0, 0.1) is 12.3 Å². The summed E-state index contributed by atoms with van der Waals surface area (Å²) in [6, 6.07) is 0.139. The first kappa shape index (κ1) is 11.0. The fraction of sp³-hybridized carbons (Fsp3) is 0.375. The molecular weight excluding hydrogens is 196 g/mol. The van der Waals surface area contributed by atoms with Crippen molar-refractivity contribution < 1.29 is 4.74 Å². The maximum absolute atomic E-state index is 5.20. The molecule has 0 aliphatic carbocycles. The summed E-state index contributed by atoms with van der Waals surface area (Å²) in [4.78, 5) is 13.6. The van der Waals surface area contributed by atoms with Crippen molar-refractivity contribution in [3.63, 3.8) is 0 Å². The van der Waals surface area contributed by atoms with Gasteiger partial charge >= 0.3 is 6.01 Å². The molecule has 0 unspecified atom stereocenters. The predicted octanol–water partition coefficient (Wildman–Crippen LogP) is -0.765. The Bertz CT molecular complexity index is 372. The van der Waals surface area contributed by atoms with E-state index in [0.717, 1.165) is 0 Å². The lowest BCUT2D eigenvalue weighted by molar-refractivity contribution is 0.339. The average Bonchev–Trinajstić information content (AvgIpc) is 2.25. The smallest absolute Gasteiger partial charge is 0.324 e. The molecule has 0 atom stereocenters. The minimum atomic E-state index is 0.0981. The Morgan fingerprint density at radius 1 is 1.47 bits per heavy atom. The Balaban J connectivity index is 2.96. The maximum Gasteiger partial charge on any atom is 0.324 e. The quantitative estimate of drug-likeness (QED) is 0.381. The van der Waals surface area contributed by atoms with Crippen LogP contribution in [0.15, 0.2) is 0 Å². The molecule has 80 valence electrons. The van der Waals surface area contributed by atoms with E-state index in [9.17, 15) is 0 Å². The van der Waals surface area contributed by atoms with Gasteiger partial charge < -0.3 is 9.64 Å². The van der Waals surface area contributed by atoms with E-state index in [2.05, 4.69) is 26.3 Å². The van der Waals surface area contributed by atoms with E-state index < -0.39 is 0 Å². The van der Waals surface area contributed by atoms with Crippen LogP contribution in [-0.4, -0.2) is 35.7 Å². The molecule has 0 bridgehead atoms. The number of aromatic nitrogens is 3. The number of hydrazine groups is 1. The van der Waals surface area contributed by atoms with Crippen molar-refractivity contribution in [2.75, 3.05) is 31.0 Å². The Kier molecular flexibility index (Phi) is 3.65. The summed E-state index contributed by atoms with van der Waals surface area (Å²) in [5, 5.41) is 0. The van der Waals surface area contributed by atoms with Gasteiger partial charge in [-0.15, -0.1) is 6.42 Å². The SMILES string of the molecule is C#CCOc1nc(NN)nc(N(C)C)n1. The number of anilines is 2. The summed E-state index contributed by atoms with van der Waals surface area (Å²) >= 11 is 0. The molecule has 0 amide bonds. The number of hydrogen-bond acceptors (Lipinski definition) is 7. The van der Waals surface area contributed by atoms with Crippen LogP contribution in [0.25, 0.3) is 0 Å². The summed E-state index contributed by atoms with van der Waals surface area (Å²) in [5.41, 5.74) is 2.32. The van der Waals surface area contributed by atoms with Crippen molar-refractivity contribution in [2.45, 2.75) is 0 Å². The predicted molar refractivity (Wildman–Crippen MR) is 56.3 cm³/mol. The van der Waals surface area contributed by atoms with Gasteiger partial charge in [0.05, 0.1) is 0 Å². The highest BCUT2D eigenvalue weighted by Crippen LogP contribution is 2.11. The standard InChI is InChI=1S/C8H12N6O/c1-4-5-15-8-11-6(13-9)10-7(12-8)14(2)3/h1H,5,9H2,2-3H3,(H,10,11,12,13). The van der Waals surface area contributed by atoms with Crippen molar-refractivity contribution in [3.8, 4) is 18.4 Å². The van der Waals surface area contributed by atoms with Crippen LogP contribution in [0.3, 0.4) is 0 Å². The lowest BCUT2D eigenvalue weighted by atomic mass is 10.7. The Morgan fingerprint density at radius 2 is 2.20 bits per heavy atom. The molecule has 0 saturated carbocycles. The number of ether oxygens (including phenoxy) is 1. The second kappa shape index (κ2) is 4.97. The van der Waals surface area contributed by atoms with Crippen molar-refractivity contribution in [2.24, 2.45) is 5.84 Å². The van der Waals surface area contributed by atoms with E-state index in [1.807, 2.05) is 0 Å². The molecule has 0 spiro atoms. The van der Waals surface area contributed by atoms with E-state index >= 15 is 0 Å². The molecule has 0 saturated heterocycles. The van der Waals surface area contributed by atoms with Crippen LogP contribution in [-0.2, 0) is 0 Å². The molecule has 0 radical (unpaired) electrons. The molecule has 7 nitrogen and oxygen atoms in total. The third kappa shape index (κ3) is 2.96. The number of nitrogens with two attached hydrogens (primary N) is 1. The van der Waals surface area contributed by atoms with Gasteiger partial charge in [0.15, 0.2) is 6.61 Å². The number of hydrogen-bond donors (Lipinski definition) is 2. The third-order valence-corrected chi connectivity index (χ3v) is 1.42. The first-order valence-corrected chi connectivity index (χ1v) is 4.13. The van der Waals surface area contributed by atoms with Gasteiger partial charge in [0.1, 0.15) is 0 Å². The van der Waals surface area contributed by atoms with Crippen LogP contribution in [0.1, 0.15) is 0 Å². The number of rotatable bonds is 4. The number of terminal acetylenes is 1. The van der Waals surface area contributed by atoms with Gasteiger partial charge in [-0.05, 0) is 0 Å². The third-order valence-electron chi connectivity index (χ3n) is 1.42. The van der Waals surface area contributed by atoms with Crippen LogP contribution in [0.5, 0.6) is 6.01 Å². The first-order chi connectivity index (χ1) is 7.17. The van der Waals surface area contributed by atoms with E-state index in [0.29, 0.717) is 5.95 Å². The lowest BCUT2D eigenvalue weighted by Gasteiger charge is -2.11. The van der Waals surface area contributed by atoms with Gasteiger partial charge in [0.2, 0.25) is 11.9 Å². The highest BCUT2D eigenvalue weighted by Gasteiger charge is 2.07. The Hall–Kier alpha value is -2.07. The molecule has 1 heterocycles. The van der Waals surface area contributed by atoms with Gasteiger partial charge in [-0.3, -0.25) is 5.43 Å². The monoisotopic (exact) mass is 208 g/mol. The molecular formula is C8H12N6O. The highest BCUT2D eigenvalue weighted by molar-refractivity contribution is 5.36. The highest BCUT2D eigenvalue weighted by atomic mass is 16.5. The molecule has 15 heavy (non-hydrogen) atoms. The first-order valence-electron chi connectivity index (χ1n) is 4.13. The van der Waals surface area contributed by atoms with Crippen molar-refractivity contribution in [3.05, 3.63) is 0 Å². The number of nitrogen functional groups attached to an aromatic ring is 1. The molecule has 3 N–H and O–H groups in total. The molecule has 1 aromatic rings. The van der Waals surface area contributed by atoms with Crippen molar-refractivity contribution in [1.29, 1.82) is 0 Å². The van der Waals surface area contributed by atoms with Gasteiger partial charge in [-0.2, -0.15) is 15.0 Å². The maximum atomic E-state index is 5.20. The zero-order valence-corrected chi connectivity index (χ0v) is 8.56.